The fourth-order valence-corrected chi connectivity index (χ4v) is 3.04. The van der Waals surface area contributed by atoms with Crippen molar-refractivity contribution in [3.8, 4) is 0 Å². The van der Waals surface area contributed by atoms with Gasteiger partial charge in [-0.15, -0.1) is 0 Å². The van der Waals surface area contributed by atoms with E-state index in [4.69, 9.17) is 15.8 Å². The number of aromatic nitrogens is 1. The Morgan fingerprint density at radius 3 is 2.93 bits per heavy atom. The SMILES string of the molecule is [N-]=[N+]=NCc1cc(N=[N+]=[N-])cc(C(=O)N2CCC(OCc3cccnc3)C2)c1. The van der Waals surface area contributed by atoms with E-state index >= 15 is 0 Å². The van der Waals surface area contributed by atoms with Gasteiger partial charge in [0.1, 0.15) is 0 Å². The van der Waals surface area contributed by atoms with Crippen molar-refractivity contribution in [1.29, 1.82) is 0 Å². The summed E-state index contributed by atoms with van der Waals surface area (Å²) >= 11 is 0. The Kier molecular flexibility index (Phi) is 6.43. The maximum absolute atomic E-state index is 12.9. The number of carbonyl (C=O) groups is 1. The minimum absolute atomic E-state index is 0.0490. The van der Waals surface area contributed by atoms with Gasteiger partial charge < -0.3 is 9.64 Å². The van der Waals surface area contributed by atoms with Gasteiger partial charge in [-0.2, -0.15) is 0 Å². The molecule has 0 bridgehead atoms. The summed E-state index contributed by atoms with van der Waals surface area (Å²) in [6, 6.07) is 8.57. The zero-order valence-corrected chi connectivity index (χ0v) is 15.0. The summed E-state index contributed by atoms with van der Waals surface area (Å²) in [6.07, 6.45) is 4.16. The first-order valence-corrected chi connectivity index (χ1v) is 8.69. The fourth-order valence-electron chi connectivity index (χ4n) is 3.04. The maximum Gasteiger partial charge on any atom is 0.253 e. The molecule has 0 saturated carbocycles. The van der Waals surface area contributed by atoms with E-state index < -0.39 is 0 Å². The summed E-state index contributed by atoms with van der Waals surface area (Å²) in [5.41, 5.74) is 19.5. The van der Waals surface area contributed by atoms with Crippen molar-refractivity contribution in [1.82, 2.24) is 9.88 Å². The third kappa shape index (κ3) is 4.99. The number of benzene rings is 1. The van der Waals surface area contributed by atoms with Crippen LogP contribution in [-0.2, 0) is 17.9 Å². The molecule has 1 saturated heterocycles. The van der Waals surface area contributed by atoms with Gasteiger partial charge in [-0.25, -0.2) is 0 Å². The minimum atomic E-state index is -0.176. The zero-order valence-electron chi connectivity index (χ0n) is 15.0. The molecule has 0 spiro atoms. The van der Waals surface area contributed by atoms with E-state index in [9.17, 15) is 4.79 Å². The van der Waals surface area contributed by atoms with E-state index in [-0.39, 0.29) is 18.6 Å². The van der Waals surface area contributed by atoms with Gasteiger partial charge >= 0.3 is 0 Å². The van der Waals surface area contributed by atoms with Crippen molar-refractivity contribution in [2.24, 2.45) is 10.2 Å². The number of carbonyl (C=O) groups excluding carboxylic acids is 1. The average molecular weight is 378 g/mol. The van der Waals surface area contributed by atoms with Crippen molar-refractivity contribution < 1.29 is 9.53 Å². The van der Waals surface area contributed by atoms with Crippen molar-refractivity contribution in [2.45, 2.75) is 25.7 Å². The third-order valence-corrected chi connectivity index (χ3v) is 4.34. The molecule has 1 aliphatic rings. The highest BCUT2D eigenvalue weighted by Gasteiger charge is 2.27. The summed E-state index contributed by atoms with van der Waals surface area (Å²) in [6.45, 7) is 1.58. The molecule has 1 atom stereocenters. The van der Waals surface area contributed by atoms with Crippen molar-refractivity contribution in [3.05, 3.63) is 80.3 Å². The van der Waals surface area contributed by atoms with Gasteiger partial charge in [-0.1, -0.05) is 16.3 Å². The number of rotatable bonds is 7. The lowest BCUT2D eigenvalue weighted by atomic mass is 10.1. The monoisotopic (exact) mass is 378 g/mol. The Balaban J connectivity index is 1.67. The average Bonchev–Trinajstić information content (AvgIpc) is 3.20. The number of amides is 1. The molecule has 0 aliphatic carbocycles. The van der Waals surface area contributed by atoms with Crippen LogP contribution in [0.4, 0.5) is 5.69 Å². The molecule has 142 valence electrons. The van der Waals surface area contributed by atoms with Crippen LogP contribution in [0.15, 0.2) is 53.0 Å². The fraction of sp³-hybridized carbons (Fsp3) is 0.333. The first-order chi connectivity index (χ1) is 13.7. The number of nitrogens with zero attached hydrogens (tertiary/aromatic N) is 8. The van der Waals surface area contributed by atoms with Crippen LogP contribution in [0.5, 0.6) is 0 Å². The largest absolute Gasteiger partial charge is 0.372 e. The van der Waals surface area contributed by atoms with Crippen LogP contribution in [0.25, 0.3) is 20.9 Å². The Morgan fingerprint density at radius 2 is 2.18 bits per heavy atom. The molecule has 10 nitrogen and oxygen atoms in total. The Hall–Kier alpha value is -3.58. The minimum Gasteiger partial charge on any atom is -0.372 e. The van der Waals surface area contributed by atoms with Gasteiger partial charge in [-0.05, 0) is 52.9 Å². The van der Waals surface area contributed by atoms with Crippen LogP contribution in [0.2, 0.25) is 0 Å². The highest BCUT2D eigenvalue weighted by Crippen LogP contribution is 2.23. The van der Waals surface area contributed by atoms with Gasteiger partial charge in [-0.3, -0.25) is 9.78 Å². The molecular formula is C18H18N8O2. The lowest BCUT2D eigenvalue weighted by molar-refractivity contribution is 0.0436. The van der Waals surface area contributed by atoms with E-state index in [0.29, 0.717) is 36.5 Å². The molecule has 10 heteroatoms. The first kappa shape index (κ1) is 19.2. The summed E-state index contributed by atoms with van der Waals surface area (Å²) < 4.78 is 5.89. The zero-order chi connectivity index (χ0) is 19.8. The van der Waals surface area contributed by atoms with Crippen LogP contribution in [0.3, 0.4) is 0 Å². The molecule has 3 rings (SSSR count). The predicted octanol–water partition coefficient (Wildman–Crippen LogP) is 4.27. The van der Waals surface area contributed by atoms with Gasteiger partial charge in [0, 0.05) is 46.6 Å². The summed E-state index contributed by atoms with van der Waals surface area (Å²) in [5.74, 6) is -0.176. The van der Waals surface area contributed by atoms with Crippen LogP contribution >= 0.6 is 0 Å². The number of hydrogen-bond acceptors (Lipinski definition) is 5. The van der Waals surface area contributed by atoms with Crippen molar-refractivity contribution in [2.75, 3.05) is 13.1 Å². The normalized spacial score (nSPS) is 15.6. The molecule has 1 fully saturated rings. The molecule has 1 unspecified atom stereocenters. The maximum atomic E-state index is 12.9. The number of hydrogen-bond donors (Lipinski definition) is 0. The summed E-state index contributed by atoms with van der Waals surface area (Å²) in [4.78, 5) is 24.1. The quantitative estimate of drug-likeness (QED) is 0.403. The second kappa shape index (κ2) is 9.38. The topological polar surface area (TPSA) is 140 Å². The Labute approximate surface area is 161 Å². The van der Waals surface area contributed by atoms with Gasteiger partial charge in [0.2, 0.25) is 0 Å². The summed E-state index contributed by atoms with van der Waals surface area (Å²) in [5, 5.41) is 7.07. The molecule has 0 radical (unpaired) electrons. The standard InChI is InChI=1S/C18H18N8O2/c19-24-22-10-14-6-15(8-16(7-14)23-25-20)18(27)26-5-3-17(11-26)28-12-13-2-1-4-21-9-13/h1-2,4,6-9,17H,3,5,10-12H2. The Bertz CT molecular complexity index is 936. The molecule has 28 heavy (non-hydrogen) atoms. The molecule has 1 aromatic heterocycles. The van der Waals surface area contributed by atoms with Crippen LogP contribution in [0.1, 0.15) is 27.9 Å². The third-order valence-electron chi connectivity index (χ3n) is 4.34. The molecule has 1 aliphatic heterocycles. The van der Waals surface area contributed by atoms with E-state index in [0.717, 1.165) is 12.0 Å². The van der Waals surface area contributed by atoms with Crippen LogP contribution in [-0.4, -0.2) is 35.0 Å². The van der Waals surface area contributed by atoms with E-state index in [1.165, 1.54) is 6.07 Å². The van der Waals surface area contributed by atoms with E-state index in [2.05, 4.69) is 25.0 Å². The molecule has 2 aromatic rings. The molecule has 1 amide bonds. The Morgan fingerprint density at radius 1 is 1.29 bits per heavy atom. The number of azide groups is 2. The van der Waals surface area contributed by atoms with Crippen molar-refractivity contribution in [3.63, 3.8) is 0 Å². The smallest absolute Gasteiger partial charge is 0.253 e. The first-order valence-electron chi connectivity index (χ1n) is 8.69. The van der Waals surface area contributed by atoms with Gasteiger partial charge in [0.15, 0.2) is 0 Å². The number of pyridine rings is 1. The van der Waals surface area contributed by atoms with Crippen LogP contribution in [0, 0.1) is 0 Å². The highest BCUT2D eigenvalue weighted by molar-refractivity contribution is 5.95. The summed E-state index contributed by atoms with van der Waals surface area (Å²) in [7, 11) is 0. The second-order valence-corrected chi connectivity index (χ2v) is 6.30. The second-order valence-electron chi connectivity index (χ2n) is 6.30. The van der Waals surface area contributed by atoms with Crippen molar-refractivity contribution >= 4 is 11.6 Å². The predicted molar refractivity (Wildman–Crippen MR) is 101 cm³/mol. The lowest BCUT2D eigenvalue weighted by Gasteiger charge is -2.17. The highest BCUT2D eigenvalue weighted by atomic mass is 16.5. The number of likely N-dealkylation sites (tertiary alicyclic amines) is 1. The van der Waals surface area contributed by atoms with Crippen LogP contribution < -0.4 is 0 Å². The van der Waals surface area contributed by atoms with E-state index in [1.807, 2.05) is 12.1 Å². The molecule has 2 heterocycles. The molecular weight excluding hydrogens is 360 g/mol. The number of ether oxygens (including phenoxy) is 1. The molecule has 1 aromatic carbocycles. The van der Waals surface area contributed by atoms with Gasteiger partial charge in [0.25, 0.3) is 5.91 Å². The van der Waals surface area contributed by atoms with E-state index in [1.54, 1.807) is 29.4 Å². The molecule has 0 N–H and O–H groups in total. The van der Waals surface area contributed by atoms with Gasteiger partial charge in [0.05, 0.1) is 19.3 Å². The lowest BCUT2D eigenvalue weighted by Crippen LogP contribution is -2.30.